The maximum atomic E-state index is 13.6. The highest BCUT2D eigenvalue weighted by Crippen LogP contribution is 2.38. The Morgan fingerprint density at radius 3 is 1.06 bits per heavy atom. The minimum atomic E-state index is -4.70. The average Bonchev–Trinajstić information content (AvgIpc) is 3.43. The van der Waals surface area contributed by atoms with Crippen molar-refractivity contribution < 1.29 is 37.3 Å². The highest BCUT2D eigenvalue weighted by molar-refractivity contribution is 7.45. The van der Waals surface area contributed by atoms with Crippen molar-refractivity contribution in [1.29, 1.82) is 0 Å². The van der Waals surface area contributed by atoms with Gasteiger partial charge >= 0.3 is 5.97 Å². The zero-order valence-electron chi connectivity index (χ0n) is 54.3. The molecule has 3 unspecified atom stereocenters. The molecule has 0 aliphatic carbocycles. The lowest BCUT2D eigenvalue weighted by atomic mass is 10.0. The molecule has 1 N–H and O–H groups in total. The number of carbonyl (C=O) groups excluding carboxylic acids is 2. The van der Waals surface area contributed by atoms with Gasteiger partial charge in [-0.2, -0.15) is 0 Å². The molecule has 0 saturated heterocycles. The number of nitrogens with zero attached hydrogens (tertiary/aromatic N) is 1. The molecule has 1 amide bonds. The van der Waals surface area contributed by atoms with Crippen LogP contribution in [0.4, 0.5) is 0 Å². The lowest BCUT2D eigenvalue weighted by Gasteiger charge is -2.30. The summed E-state index contributed by atoms with van der Waals surface area (Å²) in [6.45, 7) is 6.91. The zero-order chi connectivity index (χ0) is 58.6. The first kappa shape index (κ1) is 78.5. The normalized spacial score (nSPS) is 13.6. The Balaban J connectivity index is 5.06. The van der Waals surface area contributed by atoms with Crippen molar-refractivity contribution in [2.75, 3.05) is 40.9 Å². The van der Waals surface area contributed by atoms with Gasteiger partial charge in [0.15, 0.2) is 0 Å². The van der Waals surface area contributed by atoms with Crippen LogP contribution in [0.1, 0.15) is 361 Å². The molecule has 0 aliphatic heterocycles. The highest BCUT2D eigenvalue weighted by Gasteiger charge is 2.27. The van der Waals surface area contributed by atoms with E-state index in [9.17, 15) is 19.0 Å². The number of hydrogen-bond donors (Lipinski definition) is 1. The van der Waals surface area contributed by atoms with Crippen LogP contribution < -0.4 is 10.2 Å². The second-order valence-electron chi connectivity index (χ2n) is 25.4. The summed E-state index contributed by atoms with van der Waals surface area (Å²) in [5.74, 6) is -0.518. The van der Waals surface area contributed by atoms with Crippen LogP contribution in [0.3, 0.4) is 0 Å². The molecule has 474 valence electrons. The van der Waals surface area contributed by atoms with Gasteiger partial charge in [-0.3, -0.25) is 14.2 Å². The fourth-order valence-electron chi connectivity index (χ4n) is 10.7. The fraction of sp³-hybridized carbons (Fsp3) is 0.914. The Labute approximate surface area is 498 Å². The Hall–Kier alpha value is -1.51. The van der Waals surface area contributed by atoms with E-state index in [0.29, 0.717) is 17.4 Å². The van der Waals surface area contributed by atoms with Crippen LogP contribution >= 0.6 is 7.82 Å². The summed E-state index contributed by atoms with van der Waals surface area (Å²) in [6, 6.07) is -0.883. The van der Waals surface area contributed by atoms with E-state index in [0.717, 1.165) is 57.8 Å². The van der Waals surface area contributed by atoms with E-state index < -0.39 is 20.0 Å². The minimum absolute atomic E-state index is 0.0180. The summed E-state index contributed by atoms with van der Waals surface area (Å²) in [7, 11) is 1.21. The van der Waals surface area contributed by atoms with E-state index in [4.69, 9.17) is 13.8 Å². The van der Waals surface area contributed by atoms with Gasteiger partial charge in [-0.05, 0) is 57.4 Å². The molecule has 10 heteroatoms. The molecule has 0 aromatic carbocycles. The van der Waals surface area contributed by atoms with E-state index in [2.05, 4.69) is 38.2 Å². The standard InChI is InChI=1S/C70H137N2O7P/c1-7-10-13-16-19-22-25-28-30-32-34-35-36-37-39-41-43-45-48-51-54-57-60-63-70(74)79-68(61-58-55-52-49-46-27-24-21-18-15-12-9-3)67(66-78-80(75,76)77-65-64-72(4,5)6)71-69(73)62-59-56-53-50-47-44-42-40-38-33-31-29-26-23-20-17-14-11-8-2/h28,30,58,61,67-68H,7-27,29,31-57,59-60,62-66H2,1-6H3,(H-,71,73,75,76)/b30-28+,61-58+. The van der Waals surface area contributed by atoms with Crippen LogP contribution in [0.15, 0.2) is 24.3 Å². The Morgan fingerprint density at radius 1 is 0.425 bits per heavy atom. The maximum absolute atomic E-state index is 13.6. The van der Waals surface area contributed by atoms with Crippen LogP contribution in [0.25, 0.3) is 0 Å². The van der Waals surface area contributed by atoms with Gasteiger partial charge in [-0.25, -0.2) is 0 Å². The molecule has 0 bridgehead atoms. The molecule has 0 heterocycles. The summed E-state index contributed by atoms with van der Waals surface area (Å²) in [5.41, 5.74) is 0. The smallest absolute Gasteiger partial charge is 0.306 e. The molecule has 0 aromatic rings. The van der Waals surface area contributed by atoms with E-state index in [1.807, 2.05) is 33.3 Å². The van der Waals surface area contributed by atoms with Gasteiger partial charge in [-0.1, -0.05) is 315 Å². The van der Waals surface area contributed by atoms with Crippen molar-refractivity contribution >= 4 is 19.7 Å². The van der Waals surface area contributed by atoms with Gasteiger partial charge in [0.05, 0.1) is 33.8 Å². The summed E-state index contributed by atoms with van der Waals surface area (Å²) >= 11 is 0. The van der Waals surface area contributed by atoms with Crippen LogP contribution in [0, 0.1) is 0 Å². The average molecular weight is 1150 g/mol. The molecule has 0 saturated carbocycles. The molecular formula is C70H137N2O7P. The lowest BCUT2D eigenvalue weighted by molar-refractivity contribution is -0.870. The van der Waals surface area contributed by atoms with Gasteiger partial charge in [0.25, 0.3) is 7.82 Å². The summed E-state index contributed by atoms with van der Waals surface area (Å²) < 4.78 is 30.4. The quantitative estimate of drug-likeness (QED) is 0.0212. The first-order valence-corrected chi connectivity index (χ1v) is 36.6. The number of ether oxygens (including phenoxy) is 1. The molecule has 80 heavy (non-hydrogen) atoms. The van der Waals surface area contributed by atoms with Gasteiger partial charge in [0, 0.05) is 12.8 Å². The van der Waals surface area contributed by atoms with E-state index >= 15 is 0 Å². The van der Waals surface area contributed by atoms with Gasteiger partial charge in [0.1, 0.15) is 19.3 Å². The number of amides is 1. The maximum Gasteiger partial charge on any atom is 0.306 e. The van der Waals surface area contributed by atoms with Crippen molar-refractivity contribution in [2.45, 2.75) is 373 Å². The lowest BCUT2D eigenvalue weighted by Crippen LogP contribution is -2.47. The summed E-state index contributed by atoms with van der Waals surface area (Å²) in [4.78, 5) is 40.1. The van der Waals surface area contributed by atoms with Crippen molar-refractivity contribution in [3.63, 3.8) is 0 Å². The molecule has 0 aliphatic rings. The molecule has 3 atom stereocenters. The predicted molar refractivity (Wildman–Crippen MR) is 344 cm³/mol. The third-order valence-corrected chi connectivity index (χ3v) is 17.1. The van der Waals surface area contributed by atoms with Crippen molar-refractivity contribution in [2.24, 2.45) is 0 Å². The fourth-order valence-corrected chi connectivity index (χ4v) is 11.4. The van der Waals surface area contributed by atoms with Crippen LogP contribution in [-0.2, 0) is 27.9 Å². The Morgan fingerprint density at radius 2 is 0.725 bits per heavy atom. The minimum Gasteiger partial charge on any atom is -0.756 e. The van der Waals surface area contributed by atoms with Crippen molar-refractivity contribution in [3.8, 4) is 0 Å². The van der Waals surface area contributed by atoms with Gasteiger partial charge in [0.2, 0.25) is 5.91 Å². The number of allylic oxidation sites excluding steroid dienone is 3. The third-order valence-electron chi connectivity index (χ3n) is 16.1. The van der Waals surface area contributed by atoms with Crippen molar-refractivity contribution in [1.82, 2.24) is 5.32 Å². The number of phosphoric ester groups is 1. The van der Waals surface area contributed by atoms with Crippen LogP contribution in [0.2, 0.25) is 0 Å². The topological polar surface area (TPSA) is 114 Å². The number of nitrogens with one attached hydrogen (secondary N) is 1. The van der Waals surface area contributed by atoms with E-state index in [1.165, 1.54) is 270 Å². The summed E-state index contributed by atoms with van der Waals surface area (Å²) in [6.07, 6.45) is 73.0. The number of hydrogen-bond acceptors (Lipinski definition) is 7. The monoisotopic (exact) mass is 1150 g/mol. The van der Waals surface area contributed by atoms with Crippen molar-refractivity contribution in [3.05, 3.63) is 24.3 Å². The molecule has 9 nitrogen and oxygen atoms in total. The number of phosphoric acid groups is 1. The first-order valence-electron chi connectivity index (χ1n) is 35.1. The Kier molecular flexibility index (Phi) is 59.5. The molecule has 0 fully saturated rings. The molecular weight excluding hydrogens is 1010 g/mol. The molecule has 0 radical (unpaired) electrons. The van der Waals surface area contributed by atoms with E-state index in [1.54, 1.807) is 0 Å². The number of likely N-dealkylation sites (N-methyl/N-ethyl adjacent to an activating group) is 1. The largest absolute Gasteiger partial charge is 0.756 e. The SMILES string of the molecule is CCCCCCCC/C=C/CCCCCCCCCCCCCCCC(=O)OC(/C=C/CCCCCCCCCCCC)C(COP(=O)([O-])OCC[N+](C)(C)C)NC(=O)CCCCCCCCCCCCCCCCCCCCC. The second-order valence-corrected chi connectivity index (χ2v) is 26.8. The molecule has 0 rings (SSSR count). The third kappa shape index (κ3) is 61.1. The van der Waals surface area contributed by atoms with Gasteiger partial charge < -0.3 is 28.5 Å². The molecule has 0 aromatic heterocycles. The number of quaternary nitrogens is 1. The zero-order valence-corrected chi connectivity index (χ0v) is 55.2. The molecule has 0 spiro atoms. The predicted octanol–water partition coefficient (Wildman–Crippen LogP) is 21.4. The van der Waals surface area contributed by atoms with Gasteiger partial charge in [-0.15, -0.1) is 0 Å². The van der Waals surface area contributed by atoms with Crippen LogP contribution in [-0.4, -0.2) is 69.4 Å². The number of unbranched alkanes of at least 4 members (excludes halogenated alkanes) is 47. The Bertz CT molecular complexity index is 1420. The highest BCUT2D eigenvalue weighted by atomic mass is 31.2. The number of esters is 1. The number of carbonyl (C=O) groups is 2. The van der Waals surface area contributed by atoms with E-state index in [-0.39, 0.29) is 31.5 Å². The van der Waals surface area contributed by atoms with Crippen LogP contribution in [0.5, 0.6) is 0 Å². The summed E-state index contributed by atoms with van der Waals surface area (Å²) in [5, 5.41) is 3.05. The second kappa shape index (κ2) is 60.6. The first-order chi connectivity index (χ1) is 38.9. The number of rotatable bonds is 65.